The Kier molecular flexibility index (Phi) is 7.77. The number of nitrogens with one attached hydrogen (secondary N) is 3. The van der Waals surface area contributed by atoms with Gasteiger partial charge in [-0.15, -0.1) is 0 Å². The summed E-state index contributed by atoms with van der Waals surface area (Å²) in [6, 6.07) is 14.8. The van der Waals surface area contributed by atoms with Gasteiger partial charge in [0.25, 0.3) is 15.9 Å². The van der Waals surface area contributed by atoms with Gasteiger partial charge in [-0.2, -0.15) is 0 Å². The van der Waals surface area contributed by atoms with E-state index in [4.69, 9.17) is 0 Å². The molecule has 1 heterocycles. The third kappa shape index (κ3) is 6.92. The Morgan fingerprint density at radius 2 is 1.77 bits per heavy atom. The Morgan fingerprint density at radius 1 is 0.968 bits per heavy atom. The van der Waals surface area contributed by atoms with E-state index in [9.17, 15) is 18.0 Å². The summed E-state index contributed by atoms with van der Waals surface area (Å²) in [6.07, 6.45) is 3.55. The highest BCUT2D eigenvalue weighted by molar-refractivity contribution is 7.90. The molecule has 31 heavy (non-hydrogen) atoms. The van der Waals surface area contributed by atoms with Gasteiger partial charge in [-0.3, -0.25) is 19.3 Å². The average Bonchev–Trinajstić information content (AvgIpc) is 3.02. The number of sulfonamides is 1. The molecule has 0 aromatic heterocycles. The van der Waals surface area contributed by atoms with Crippen LogP contribution in [0.2, 0.25) is 0 Å². The van der Waals surface area contributed by atoms with Gasteiger partial charge in [0.2, 0.25) is 5.91 Å². The molecule has 2 amide bonds. The van der Waals surface area contributed by atoms with Gasteiger partial charge in [0.15, 0.2) is 0 Å². The van der Waals surface area contributed by atoms with Crippen LogP contribution in [-0.4, -0.2) is 39.2 Å². The van der Waals surface area contributed by atoms with Crippen molar-refractivity contribution < 1.29 is 18.0 Å². The molecule has 0 saturated carbocycles. The smallest absolute Gasteiger partial charge is 0.262 e. The summed E-state index contributed by atoms with van der Waals surface area (Å²) >= 11 is 0. The second-order valence-electron chi connectivity index (χ2n) is 7.19. The number of hydrogen-bond donors (Lipinski definition) is 3. The predicted molar refractivity (Wildman–Crippen MR) is 120 cm³/mol. The molecule has 3 rings (SSSR count). The fraction of sp³-hybridized carbons (Fsp3) is 0.318. The third-order valence-electron chi connectivity index (χ3n) is 4.73. The first-order chi connectivity index (χ1) is 14.9. The summed E-state index contributed by atoms with van der Waals surface area (Å²) in [6.45, 7) is 0.785. The first-order valence-corrected chi connectivity index (χ1v) is 11.7. The van der Waals surface area contributed by atoms with Crippen LogP contribution in [0.4, 0.5) is 5.69 Å². The first-order valence-electron chi connectivity index (χ1n) is 10.2. The van der Waals surface area contributed by atoms with E-state index in [1.165, 1.54) is 12.1 Å². The molecule has 0 bridgehead atoms. The minimum Gasteiger partial charge on any atom is -0.352 e. The van der Waals surface area contributed by atoms with Gasteiger partial charge >= 0.3 is 0 Å². The molecule has 0 spiro atoms. The largest absolute Gasteiger partial charge is 0.352 e. The zero-order chi connectivity index (χ0) is 22.1. The van der Waals surface area contributed by atoms with Crippen LogP contribution in [0.1, 0.15) is 42.5 Å². The quantitative estimate of drug-likeness (QED) is 0.611. The number of aliphatic imine (C=N–C) groups is 1. The monoisotopic (exact) mass is 442 g/mol. The van der Waals surface area contributed by atoms with Gasteiger partial charge in [0.05, 0.1) is 4.90 Å². The molecule has 2 aromatic carbocycles. The number of amides is 2. The van der Waals surface area contributed by atoms with Crippen molar-refractivity contribution in [3.63, 3.8) is 0 Å². The Bertz CT molecular complexity index is 1050. The summed E-state index contributed by atoms with van der Waals surface area (Å²) in [5.74, 6) is -0.112. The van der Waals surface area contributed by atoms with E-state index in [0.29, 0.717) is 30.1 Å². The lowest BCUT2D eigenvalue weighted by Crippen LogP contribution is -2.30. The Labute approximate surface area is 182 Å². The minimum absolute atomic E-state index is 0.0506. The number of carbonyl (C=O) groups is 2. The van der Waals surface area contributed by atoms with Crippen molar-refractivity contribution in [1.29, 1.82) is 0 Å². The number of amidine groups is 1. The highest BCUT2D eigenvalue weighted by Gasteiger charge is 2.18. The summed E-state index contributed by atoms with van der Waals surface area (Å²) < 4.78 is 27.9. The molecule has 0 radical (unpaired) electrons. The maximum atomic E-state index is 12.7. The van der Waals surface area contributed by atoms with E-state index >= 15 is 0 Å². The van der Waals surface area contributed by atoms with Gasteiger partial charge in [0, 0.05) is 37.2 Å². The standard InChI is InChI=1S/C22H26N4O4S/c27-21(13-15-24-22(28)17-8-3-1-4-9-17)25-18-10-7-11-19(16-18)31(29,30)26-20-12-5-2-6-14-23-20/h1,3-4,7-11,16H,2,5-6,12-15H2,(H,23,26)(H,24,28)(H,25,27). The van der Waals surface area contributed by atoms with Crippen LogP contribution in [-0.2, 0) is 14.8 Å². The topological polar surface area (TPSA) is 117 Å². The summed E-state index contributed by atoms with van der Waals surface area (Å²) in [5, 5.41) is 5.35. The van der Waals surface area contributed by atoms with Gasteiger partial charge < -0.3 is 10.6 Å². The SMILES string of the molecule is O=C(CCNC(=O)c1ccccc1)Nc1cccc(S(=O)(=O)NC2=NCCCCC2)c1. The van der Waals surface area contributed by atoms with Crippen molar-refractivity contribution in [2.75, 3.05) is 18.4 Å². The third-order valence-corrected chi connectivity index (χ3v) is 6.11. The van der Waals surface area contributed by atoms with Crippen molar-refractivity contribution in [3.05, 3.63) is 60.2 Å². The minimum atomic E-state index is -3.78. The number of hydrogen-bond acceptors (Lipinski definition) is 5. The molecular formula is C22H26N4O4S. The number of rotatable bonds is 7. The van der Waals surface area contributed by atoms with Crippen LogP contribution in [0.5, 0.6) is 0 Å². The fourth-order valence-electron chi connectivity index (χ4n) is 3.12. The maximum absolute atomic E-state index is 12.7. The van der Waals surface area contributed by atoms with Crippen molar-refractivity contribution in [3.8, 4) is 0 Å². The number of carbonyl (C=O) groups excluding carboxylic acids is 2. The van der Waals surface area contributed by atoms with E-state index in [2.05, 4.69) is 20.3 Å². The second kappa shape index (κ2) is 10.7. The number of anilines is 1. The molecule has 1 aliphatic heterocycles. The van der Waals surface area contributed by atoms with Crippen LogP contribution in [0.15, 0.2) is 64.5 Å². The summed E-state index contributed by atoms with van der Waals surface area (Å²) in [5.41, 5.74) is 0.886. The summed E-state index contributed by atoms with van der Waals surface area (Å²) in [4.78, 5) is 28.5. The summed E-state index contributed by atoms with van der Waals surface area (Å²) in [7, 11) is -3.78. The number of benzene rings is 2. The molecule has 0 aliphatic carbocycles. The molecular weight excluding hydrogens is 416 g/mol. The molecule has 0 saturated heterocycles. The first kappa shape index (κ1) is 22.5. The molecule has 3 N–H and O–H groups in total. The van der Waals surface area contributed by atoms with E-state index in [-0.39, 0.29) is 29.7 Å². The highest BCUT2D eigenvalue weighted by Crippen LogP contribution is 2.17. The normalized spacial score (nSPS) is 14.1. The molecule has 0 fully saturated rings. The Morgan fingerprint density at radius 3 is 2.58 bits per heavy atom. The van der Waals surface area contributed by atoms with Crippen molar-refractivity contribution in [2.45, 2.75) is 37.0 Å². The van der Waals surface area contributed by atoms with E-state index in [1.807, 2.05) is 6.07 Å². The van der Waals surface area contributed by atoms with Crippen molar-refractivity contribution >= 4 is 33.4 Å². The zero-order valence-electron chi connectivity index (χ0n) is 17.1. The molecule has 0 unspecified atom stereocenters. The van der Waals surface area contributed by atoms with E-state index in [0.717, 1.165) is 19.3 Å². The van der Waals surface area contributed by atoms with Crippen molar-refractivity contribution in [1.82, 2.24) is 10.0 Å². The molecule has 164 valence electrons. The van der Waals surface area contributed by atoms with Crippen LogP contribution < -0.4 is 15.4 Å². The lowest BCUT2D eigenvalue weighted by molar-refractivity contribution is -0.116. The van der Waals surface area contributed by atoms with Crippen molar-refractivity contribution in [2.24, 2.45) is 4.99 Å². The van der Waals surface area contributed by atoms with Crippen LogP contribution in [0, 0.1) is 0 Å². The van der Waals surface area contributed by atoms with E-state index < -0.39 is 10.0 Å². The van der Waals surface area contributed by atoms with Gasteiger partial charge in [-0.25, -0.2) is 8.42 Å². The average molecular weight is 443 g/mol. The molecule has 9 heteroatoms. The molecule has 1 aliphatic rings. The highest BCUT2D eigenvalue weighted by atomic mass is 32.2. The Balaban J connectivity index is 1.54. The number of nitrogens with zero attached hydrogens (tertiary/aromatic N) is 1. The second-order valence-corrected chi connectivity index (χ2v) is 8.87. The zero-order valence-corrected chi connectivity index (χ0v) is 18.0. The predicted octanol–water partition coefficient (Wildman–Crippen LogP) is 2.70. The molecule has 0 atom stereocenters. The van der Waals surface area contributed by atoms with Crippen LogP contribution >= 0.6 is 0 Å². The van der Waals surface area contributed by atoms with Gasteiger partial charge in [-0.1, -0.05) is 30.7 Å². The molecule has 2 aromatic rings. The van der Waals surface area contributed by atoms with Gasteiger partial charge in [-0.05, 0) is 43.2 Å². The molecule has 8 nitrogen and oxygen atoms in total. The Hall–Kier alpha value is -3.20. The fourth-order valence-corrected chi connectivity index (χ4v) is 4.25. The van der Waals surface area contributed by atoms with E-state index in [1.54, 1.807) is 36.4 Å². The van der Waals surface area contributed by atoms with Gasteiger partial charge in [0.1, 0.15) is 5.84 Å². The van der Waals surface area contributed by atoms with Crippen LogP contribution in [0.25, 0.3) is 0 Å². The lowest BCUT2D eigenvalue weighted by atomic mass is 10.2. The lowest BCUT2D eigenvalue weighted by Gasteiger charge is -2.11. The van der Waals surface area contributed by atoms with Crippen LogP contribution in [0.3, 0.4) is 0 Å². The maximum Gasteiger partial charge on any atom is 0.262 e.